The van der Waals surface area contributed by atoms with Crippen molar-refractivity contribution in [1.29, 1.82) is 0 Å². The van der Waals surface area contributed by atoms with E-state index in [2.05, 4.69) is 15.6 Å². The zero-order valence-corrected chi connectivity index (χ0v) is 14.2. The van der Waals surface area contributed by atoms with Crippen LogP contribution in [0.4, 0.5) is 0 Å². The second kappa shape index (κ2) is 6.84. The molecule has 2 N–H and O–H groups in total. The Morgan fingerprint density at radius 3 is 2.72 bits per heavy atom. The van der Waals surface area contributed by atoms with Crippen LogP contribution in [0.15, 0.2) is 48.7 Å². The Labute approximate surface area is 147 Å². The van der Waals surface area contributed by atoms with Gasteiger partial charge >= 0.3 is 0 Å². The van der Waals surface area contributed by atoms with Crippen LogP contribution in [0.3, 0.4) is 0 Å². The topological polar surface area (TPSA) is 63.2 Å². The number of amides is 1. The van der Waals surface area contributed by atoms with Gasteiger partial charge in [0.25, 0.3) is 0 Å². The molecule has 1 spiro atoms. The summed E-state index contributed by atoms with van der Waals surface area (Å²) in [6, 6.07) is 13.3. The molecule has 25 heavy (non-hydrogen) atoms. The van der Waals surface area contributed by atoms with Crippen molar-refractivity contribution in [2.45, 2.75) is 25.8 Å². The molecule has 1 aliphatic carbocycles. The number of nitrogens with zero attached hydrogens (tertiary/aromatic N) is 1. The highest BCUT2D eigenvalue weighted by Gasteiger charge is 2.57. The number of carbonyl (C=O) groups is 1. The minimum Gasteiger partial charge on any atom is -0.439 e. The number of aromatic nitrogens is 1. The molecular weight excluding hydrogens is 314 g/mol. The van der Waals surface area contributed by atoms with Crippen molar-refractivity contribution in [2.24, 2.45) is 11.3 Å². The molecule has 2 fully saturated rings. The van der Waals surface area contributed by atoms with Gasteiger partial charge in [0.15, 0.2) is 0 Å². The molecule has 5 heteroatoms. The van der Waals surface area contributed by atoms with Crippen LogP contribution in [-0.4, -0.2) is 24.0 Å². The number of rotatable bonds is 5. The molecule has 1 saturated heterocycles. The van der Waals surface area contributed by atoms with Crippen LogP contribution < -0.4 is 15.4 Å². The van der Waals surface area contributed by atoms with Crippen molar-refractivity contribution in [3.63, 3.8) is 0 Å². The predicted molar refractivity (Wildman–Crippen MR) is 95.2 cm³/mol. The van der Waals surface area contributed by atoms with Crippen molar-refractivity contribution < 1.29 is 9.53 Å². The standard InChI is InChI=1S/C20H23N3O2/c24-19(17-12-20(17)8-10-21-11-9-20)23-14-15-6-7-18(22-13-15)25-16-4-2-1-3-5-16/h1-7,13,17,21H,8-12,14H2,(H,23,24). The Morgan fingerprint density at radius 2 is 2.00 bits per heavy atom. The quantitative estimate of drug-likeness (QED) is 0.881. The third-order valence-corrected chi connectivity index (χ3v) is 5.34. The Morgan fingerprint density at radius 1 is 1.20 bits per heavy atom. The first-order valence-electron chi connectivity index (χ1n) is 8.91. The summed E-state index contributed by atoms with van der Waals surface area (Å²) >= 11 is 0. The van der Waals surface area contributed by atoms with Crippen molar-refractivity contribution in [3.8, 4) is 11.6 Å². The van der Waals surface area contributed by atoms with Crippen LogP contribution in [0.5, 0.6) is 11.6 Å². The van der Waals surface area contributed by atoms with Crippen LogP contribution in [-0.2, 0) is 11.3 Å². The lowest BCUT2D eigenvalue weighted by molar-refractivity contribution is -0.123. The molecule has 0 radical (unpaired) electrons. The predicted octanol–water partition coefficient (Wildman–Crippen LogP) is 2.88. The molecule has 1 aromatic carbocycles. The first-order chi connectivity index (χ1) is 12.3. The number of hydrogen-bond acceptors (Lipinski definition) is 4. The summed E-state index contributed by atoms with van der Waals surface area (Å²) in [6.45, 7) is 2.59. The SMILES string of the molecule is O=C(NCc1ccc(Oc2ccccc2)nc1)C1CC12CCNCC2. The smallest absolute Gasteiger partial charge is 0.223 e. The van der Waals surface area contributed by atoms with Crippen LogP contribution in [0, 0.1) is 11.3 Å². The van der Waals surface area contributed by atoms with Crippen LogP contribution >= 0.6 is 0 Å². The number of benzene rings is 1. The minimum atomic E-state index is 0.187. The molecule has 1 saturated carbocycles. The second-order valence-electron chi connectivity index (χ2n) is 7.01. The highest BCUT2D eigenvalue weighted by atomic mass is 16.5. The summed E-state index contributed by atoms with van der Waals surface area (Å²) in [6.07, 6.45) is 5.05. The molecule has 130 valence electrons. The Kier molecular flexibility index (Phi) is 4.40. The van der Waals surface area contributed by atoms with Gasteiger partial charge in [0.2, 0.25) is 11.8 Å². The van der Waals surface area contributed by atoms with Gasteiger partial charge < -0.3 is 15.4 Å². The summed E-state index contributed by atoms with van der Waals surface area (Å²) < 4.78 is 5.68. The lowest BCUT2D eigenvalue weighted by atomic mass is 9.92. The number of piperidine rings is 1. The monoisotopic (exact) mass is 337 g/mol. The van der Waals surface area contributed by atoms with E-state index in [-0.39, 0.29) is 17.2 Å². The fraction of sp³-hybridized carbons (Fsp3) is 0.400. The van der Waals surface area contributed by atoms with Crippen molar-refractivity contribution in [1.82, 2.24) is 15.6 Å². The van der Waals surface area contributed by atoms with Crippen molar-refractivity contribution >= 4 is 5.91 Å². The van der Waals surface area contributed by atoms with E-state index in [1.54, 1.807) is 6.20 Å². The maximum absolute atomic E-state index is 12.4. The first-order valence-corrected chi connectivity index (χ1v) is 8.91. The van der Waals surface area contributed by atoms with Crippen LogP contribution in [0.25, 0.3) is 0 Å². The summed E-state index contributed by atoms with van der Waals surface area (Å²) in [5, 5.41) is 6.43. The van der Waals surface area contributed by atoms with Gasteiger partial charge in [0, 0.05) is 24.7 Å². The van der Waals surface area contributed by atoms with Crippen molar-refractivity contribution in [3.05, 3.63) is 54.2 Å². The Balaban J connectivity index is 1.28. The average Bonchev–Trinajstić information content (AvgIpc) is 3.35. The van der Waals surface area contributed by atoms with E-state index < -0.39 is 0 Å². The van der Waals surface area contributed by atoms with Crippen LogP contribution in [0.1, 0.15) is 24.8 Å². The maximum atomic E-state index is 12.4. The lowest BCUT2D eigenvalue weighted by Gasteiger charge is -2.23. The first kappa shape index (κ1) is 16.1. The van der Waals surface area contributed by atoms with E-state index in [1.807, 2.05) is 42.5 Å². The molecule has 2 aliphatic rings. The van der Waals surface area contributed by atoms with E-state index in [1.165, 1.54) is 0 Å². The lowest BCUT2D eigenvalue weighted by Crippen LogP contribution is -2.33. The molecule has 2 aromatic rings. The molecule has 1 amide bonds. The zero-order valence-electron chi connectivity index (χ0n) is 14.2. The number of para-hydroxylation sites is 1. The number of pyridine rings is 1. The average molecular weight is 337 g/mol. The highest BCUT2D eigenvalue weighted by Crippen LogP contribution is 2.58. The van der Waals surface area contributed by atoms with E-state index in [0.717, 1.165) is 43.7 Å². The Hall–Kier alpha value is -2.40. The summed E-state index contributed by atoms with van der Waals surface area (Å²) in [5.74, 6) is 1.70. The molecule has 5 nitrogen and oxygen atoms in total. The van der Waals surface area contributed by atoms with Gasteiger partial charge in [-0.05, 0) is 55.5 Å². The molecular formula is C20H23N3O2. The van der Waals surface area contributed by atoms with E-state index in [9.17, 15) is 4.79 Å². The molecule has 1 unspecified atom stereocenters. The van der Waals surface area contributed by atoms with Crippen molar-refractivity contribution in [2.75, 3.05) is 13.1 Å². The van der Waals surface area contributed by atoms with E-state index in [0.29, 0.717) is 12.4 Å². The third-order valence-electron chi connectivity index (χ3n) is 5.34. The summed E-state index contributed by atoms with van der Waals surface area (Å²) in [7, 11) is 0. The van der Waals surface area contributed by atoms with Gasteiger partial charge in [-0.3, -0.25) is 4.79 Å². The summed E-state index contributed by atoms with van der Waals surface area (Å²) in [4.78, 5) is 16.7. The molecule has 1 aliphatic heterocycles. The highest BCUT2D eigenvalue weighted by molar-refractivity contribution is 5.82. The number of nitrogens with one attached hydrogen (secondary N) is 2. The molecule has 0 bridgehead atoms. The van der Waals surface area contributed by atoms with Gasteiger partial charge in [-0.2, -0.15) is 0 Å². The number of hydrogen-bond donors (Lipinski definition) is 2. The molecule has 4 rings (SSSR count). The van der Waals surface area contributed by atoms with Gasteiger partial charge in [0.05, 0.1) is 0 Å². The third kappa shape index (κ3) is 3.66. The molecule has 2 heterocycles. The van der Waals surface area contributed by atoms with Gasteiger partial charge in [-0.15, -0.1) is 0 Å². The molecule has 1 aromatic heterocycles. The van der Waals surface area contributed by atoms with E-state index >= 15 is 0 Å². The van der Waals surface area contributed by atoms with Gasteiger partial charge in [-0.25, -0.2) is 4.98 Å². The van der Waals surface area contributed by atoms with E-state index in [4.69, 9.17) is 4.74 Å². The van der Waals surface area contributed by atoms with Gasteiger partial charge in [-0.1, -0.05) is 24.3 Å². The zero-order chi connectivity index (χ0) is 17.1. The number of carbonyl (C=O) groups excluding carboxylic acids is 1. The summed E-state index contributed by atoms with van der Waals surface area (Å²) in [5.41, 5.74) is 1.26. The fourth-order valence-electron chi connectivity index (χ4n) is 3.69. The van der Waals surface area contributed by atoms with Gasteiger partial charge in [0.1, 0.15) is 5.75 Å². The fourth-order valence-corrected chi connectivity index (χ4v) is 3.69. The second-order valence-corrected chi connectivity index (χ2v) is 7.01. The maximum Gasteiger partial charge on any atom is 0.223 e. The Bertz CT molecular complexity index is 724. The van der Waals surface area contributed by atoms with Crippen LogP contribution in [0.2, 0.25) is 0 Å². The molecule has 1 atom stereocenters. The normalized spacial score (nSPS) is 20.9. The largest absolute Gasteiger partial charge is 0.439 e. The minimum absolute atomic E-state index is 0.187. The number of ether oxygens (including phenoxy) is 1.